The lowest BCUT2D eigenvalue weighted by atomic mass is 10.2. The van der Waals surface area contributed by atoms with E-state index >= 15 is 0 Å². The molecular weight excluding hydrogens is 218 g/mol. The first-order chi connectivity index (χ1) is 8.19. The van der Waals surface area contributed by atoms with Gasteiger partial charge in [-0.25, -0.2) is 4.98 Å². The van der Waals surface area contributed by atoms with Gasteiger partial charge in [0, 0.05) is 19.0 Å². The predicted octanol–water partition coefficient (Wildman–Crippen LogP) is 0.226. The van der Waals surface area contributed by atoms with Crippen LogP contribution in [0.15, 0.2) is 12.1 Å². The van der Waals surface area contributed by atoms with E-state index in [0.29, 0.717) is 24.5 Å². The van der Waals surface area contributed by atoms with Gasteiger partial charge in [-0.15, -0.1) is 0 Å². The first kappa shape index (κ1) is 11.2. The highest BCUT2D eigenvalue weighted by Gasteiger charge is 2.20. The van der Waals surface area contributed by atoms with Gasteiger partial charge in [0.05, 0.1) is 5.69 Å². The van der Waals surface area contributed by atoms with E-state index in [-0.39, 0.29) is 17.6 Å². The molecule has 1 unspecified atom stereocenters. The van der Waals surface area contributed by atoms with Crippen LogP contribution in [0, 0.1) is 11.3 Å². The molecule has 1 aromatic heterocycles. The molecule has 2 rings (SSSR count). The SMILES string of the molecule is N#Cc1nc(NCC2CCC(=O)N2)ccc1N. The van der Waals surface area contributed by atoms with Crippen molar-refractivity contribution in [1.82, 2.24) is 10.3 Å². The smallest absolute Gasteiger partial charge is 0.220 e. The number of amides is 1. The highest BCUT2D eigenvalue weighted by molar-refractivity contribution is 5.78. The lowest BCUT2D eigenvalue weighted by molar-refractivity contribution is -0.119. The average Bonchev–Trinajstić information content (AvgIpc) is 2.74. The Hall–Kier alpha value is -2.29. The molecule has 0 aromatic carbocycles. The van der Waals surface area contributed by atoms with E-state index in [4.69, 9.17) is 11.0 Å². The molecular formula is C11H13N5O. The van der Waals surface area contributed by atoms with Crippen LogP contribution in [0.5, 0.6) is 0 Å². The zero-order valence-electron chi connectivity index (χ0n) is 9.23. The van der Waals surface area contributed by atoms with Crippen LogP contribution in [0.25, 0.3) is 0 Å². The Morgan fingerprint density at radius 1 is 1.65 bits per heavy atom. The second-order valence-electron chi connectivity index (χ2n) is 3.93. The molecule has 0 saturated carbocycles. The first-order valence-corrected chi connectivity index (χ1v) is 5.39. The molecule has 1 aliphatic rings. The van der Waals surface area contributed by atoms with Gasteiger partial charge >= 0.3 is 0 Å². The van der Waals surface area contributed by atoms with Gasteiger partial charge in [-0.1, -0.05) is 0 Å². The zero-order chi connectivity index (χ0) is 12.3. The van der Waals surface area contributed by atoms with Gasteiger partial charge in [-0.05, 0) is 18.6 Å². The summed E-state index contributed by atoms with van der Waals surface area (Å²) in [5, 5.41) is 14.7. The summed E-state index contributed by atoms with van der Waals surface area (Å²) in [7, 11) is 0. The third kappa shape index (κ3) is 2.64. The summed E-state index contributed by atoms with van der Waals surface area (Å²) < 4.78 is 0. The molecule has 4 N–H and O–H groups in total. The first-order valence-electron chi connectivity index (χ1n) is 5.39. The largest absolute Gasteiger partial charge is 0.396 e. The van der Waals surface area contributed by atoms with E-state index in [1.165, 1.54) is 0 Å². The van der Waals surface area contributed by atoms with E-state index in [1.807, 2.05) is 6.07 Å². The van der Waals surface area contributed by atoms with Gasteiger partial charge in [0.25, 0.3) is 0 Å². The lowest BCUT2D eigenvalue weighted by Gasteiger charge is -2.12. The van der Waals surface area contributed by atoms with Crippen LogP contribution in [0.3, 0.4) is 0 Å². The molecule has 0 aliphatic carbocycles. The molecule has 1 amide bonds. The highest BCUT2D eigenvalue weighted by atomic mass is 16.1. The second-order valence-corrected chi connectivity index (χ2v) is 3.93. The van der Waals surface area contributed by atoms with Crippen molar-refractivity contribution >= 4 is 17.4 Å². The van der Waals surface area contributed by atoms with Crippen molar-refractivity contribution in [1.29, 1.82) is 5.26 Å². The summed E-state index contributed by atoms with van der Waals surface area (Å²) in [6.45, 7) is 0.605. The number of pyridine rings is 1. The summed E-state index contributed by atoms with van der Waals surface area (Å²) in [6.07, 6.45) is 1.40. The molecule has 6 heteroatoms. The van der Waals surface area contributed by atoms with Crippen molar-refractivity contribution in [2.75, 3.05) is 17.6 Å². The van der Waals surface area contributed by atoms with Gasteiger partial charge in [-0.3, -0.25) is 4.79 Å². The van der Waals surface area contributed by atoms with Gasteiger partial charge in [0.15, 0.2) is 5.69 Å². The average molecular weight is 231 g/mol. The number of carbonyl (C=O) groups is 1. The minimum atomic E-state index is 0.0831. The summed E-state index contributed by atoms with van der Waals surface area (Å²) in [5.74, 6) is 0.677. The number of nitrogens with zero attached hydrogens (tertiary/aromatic N) is 2. The fourth-order valence-corrected chi connectivity index (χ4v) is 1.72. The zero-order valence-corrected chi connectivity index (χ0v) is 9.23. The van der Waals surface area contributed by atoms with E-state index in [0.717, 1.165) is 6.42 Å². The number of nitriles is 1. The number of aromatic nitrogens is 1. The van der Waals surface area contributed by atoms with Gasteiger partial charge in [-0.2, -0.15) is 5.26 Å². The van der Waals surface area contributed by atoms with E-state index < -0.39 is 0 Å². The Morgan fingerprint density at radius 2 is 2.47 bits per heavy atom. The minimum absolute atomic E-state index is 0.0831. The van der Waals surface area contributed by atoms with Crippen molar-refractivity contribution < 1.29 is 4.79 Å². The molecule has 0 bridgehead atoms. The summed E-state index contributed by atoms with van der Waals surface area (Å²) in [5.41, 5.74) is 6.15. The standard InChI is InChI=1S/C11H13N5O/c12-5-9-8(13)2-3-10(16-9)14-6-7-1-4-11(17)15-7/h2-3,7H,1,4,6,13H2,(H,14,16)(H,15,17). The fraction of sp³-hybridized carbons (Fsp3) is 0.364. The van der Waals surface area contributed by atoms with Gasteiger partial charge < -0.3 is 16.4 Å². The minimum Gasteiger partial charge on any atom is -0.396 e. The summed E-state index contributed by atoms with van der Waals surface area (Å²) in [6, 6.07) is 5.41. The number of nitrogen functional groups attached to an aromatic ring is 1. The number of anilines is 2. The van der Waals surface area contributed by atoms with Crippen LogP contribution in [0.2, 0.25) is 0 Å². The lowest BCUT2D eigenvalue weighted by Crippen LogP contribution is -2.32. The Morgan fingerprint density at radius 3 is 3.12 bits per heavy atom. The Labute approximate surface area is 98.8 Å². The molecule has 0 radical (unpaired) electrons. The molecule has 1 aliphatic heterocycles. The number of hydrogen-bond acceptors (Lipinski definition) is 5. The van der Waals surface area contributed by atoms with Gasteiger partial charge in [0.2, 0.25) is 5.91 Å². The Balaban J connectivity index is 1.95. The number of nitrogens with two attached hydrogens (primary N) is 1. The molecule has 2 heterocycles. The van der Waals surface area contributed by atoms with Crippen LogP contribution in [-0.4, -0.2) is 23.5 Å². The maximum absolute atomic E-state index is 11.0. The molecule has 1 saturated heterocycles. The number of carbonyl (C=O) groups excluding carboxylic acids is 1. The normalized spacial score (nSPS) is 18.5. The van der Waals surface area contributed by atoms with Crippen LogP contribution in [-0.2, 0) is 4.79 Å². The molecule has 17 heavy (non-hydrogen) atoms. The molecule has 1 fully saturated rings. The van der Waals surface area contributed by atoms with Crippen LogP contribution in [0.1, 0.15) is 18.5 Å². The second kappa shape index (κ2) is 4.70. The van der Waals surface area contributed by atoms with Crippen molar-refractivity contribution in [2.45, 2.75) is 18.9 Å². The Bertz CT molecular complexity index is 479. The molecule has 6 nitrogen and oxygen atoms in total. The maximum Gasteiger partial charge on any atom is 0.220 e. The maximum atomic E-state index is 11.0. The highest BCUT2D eigenvalue weighted by Crippen LogP contribution is 2.13. The van der Waals surface area contributed by atoms with Gasteiger partial charge in [0.1, 0.15) is 11.9 Å². The molecule has 88 valence electrons. The topological polar surface area (TPSA) is 104 Å². The summed E-state index contributed by atoms with van der Waals surface area (Å²) in [4.78, 5) is 15.1. The number of rotatable bonds is 3. The van der Waals surface area contributed by atoms with Crippen molar-refractivity contribution in [3.05, 3.63) is 17.8 Å². The third-order valence-electron chi connectivity index (χ3n) is 2.65. The predicted molar refractivity (Wildman–Crippen MR) is 63.0 cm³/mol. The fourth-order valence-electron chi connectivity index (χ4n) is 1.72. The summed E-state index contributed by atoms with van der Waals surface area (Å²) >= 11 is 0. The molecule has 1 aromatic rings. The molecule has 0 spiro atoms. The van der Waals surface area contributed by atoms with E-state index in [9.17, 15) is 4.79 Å². The van der Waals surface area contributed by atoms with Crippen molar-refractivity contribution in [3.8, 4) is 6.07 Å². The van der Waals surface area contributed by atoms with Crippen LogP contribution < -0.4 is 16.4 Å². The van der Waals surface area contributed by atoms with Crippen molar-refractivity contribution in [3.63, 3.8) is 0 Å². The van der Waals surface area contributed by atoms with Crippen molar-refractivity contribution in [2.24, 2.45) is 0 Å². The quantitative estimate of drug-likeness (QED) is 0.690. The number of nitrogens with one attached hydrogen (secondary N) is 2. The Kier molecular flexibility index (Phi) is 3.10. The van der Waals surface area contributed by atoms with Crippen LogP contribution in [0.4, 0.5) is 11.5 Å². The molecule has 1 atom stereocenters. The monoisotopic (exact) mass is 231 g/mol. The van der Waals surface area contributed by atoms with E-state index in [1.54, 1.807) is 12.1 Å². The third-order valence-corrected chi connectivity index (χ3v) is 2.65. The van der Waals surface area contributed by atoms with Crippen LogP contribution >= 0.6 is 0 Å². The number of hydrogen-bond donors (Lipinski definition) is 3. The van der Waals surface area contributed by atoms with E-state index in [2.05, 4.69) is 15.6 Å².